The van der Waals surface area contributed by atoms with E-state index in [0.717, 1.165) is 0 Å². The molecule has 0 fully saturated rings. The van der Waals surface area contributed by atoms with Crippen molar-refractivity contribution in [3.63, 3.8) is 0 Å². The standard InChI is InChI=1S/C20H19NO6S/c1-3-26-14-7-5-13(6-8-14)18(22)12-17-20(23)27-19-10-9-15(11-16(19)21-17)28(24,25)4-2/h5-12,22H,3-4H2,1-2H3/b18-12-. The van der Waals surface area contributed by atoms with E-state index in [4.69, 9.17) is 9.15 Å². The van der Waals surface area contributed by atoms with Gasteiger partial charge in [-0.25, -0.2) is 18.2 Å². The van der Waals surface area contributed by atoms with Crippen LogP contribution < -0.4 is 10.4 Å². The van der Waals surface area contributed by atoms with Gasteiger partial charge in [0.05, 0.1) is 17.3 Å². The highest BCUT2D eigenvalue weighted by molar-refractivity contribution is 7.91. The van der Waals surface area contributed by atoms with Gasteiger partial charge in [0.1, 0.15) is 17.0 Å². The second kappa shape index (κ2) is 7.85. The summed E-state index contributed by atoms with van der Waals surface area (Å²) in [5.41, 5.74) is -0.0364. The van der Waals surface area contributed by atoms with Crippen LogP contribution in [0.4, 0.5) is 0 Å². The van der Waals surface area contributed by atoms with Gasteiger partial charge >= 0.3 is 5.63 Å². The third kappa shape index (κ3) is 4.07. The summed E-state index contributed by atoms with van der Waals surface area (Å²) in [5, 5.41) is 10.3. The molecular weight excluding hydrogens is 382 g/mol. The first kappa shape index (κ1) is 19.6. The molecule has 3 rings (SSSR count). The molecule has 0 unspecified atom stereocenters. The van der Waals surface area contributed by atoms with Gasteiger partial charge in [-0.2, -0.15) is 0 Å². The quantitative estimate of drug-likeness (QED) is 0.631. The molecule has 0 spiro atoms. The largest absolute Gasteiger partial charge is 0.507 e. The summed E-state index contributed by atoms with van der Waals surface area (Å²) in [6.45, 7) is 3.94. The molecule has 1 heterocycles. The van der Waals surface area contributed by atoms with Crippen molar-refractivity contribution in [1.29, 1.82) is 0 Å². The third-order valence-corrected chi connectivity index (χ3v) is 5.79. The number of rotatable bonds is 6. The van der Waals surface area contributed by atoms with Crippen molar-refractivity contribution in [2.75, 3.05) is 12.4 Å². The number of ether oxygens (including phenoxy) is 1. The first-order valence-corrected chi connectivity index (χ1v) is 10.3. The van der Waals surface area contributed by atoms with E-state index in [1.54, 1.807) is 31.2 Å². The number of hydrogen-bond donors (Lipinski definition) is 1. The lowest BCUT2D eigenvalue weighted by Gasteiger charge is -2.05. The highest BCUT2D eigenvalue weighted by Gasteiger charge is 2.14. The lowest BCUT2D eigenvalue weighted by atomic mass is 10.1. The van der Waals surface area contributed by atoms with Gasteiger partial charge < -0.3 is 14.3 Å². The van der Waals surface area contributed by atoms with Crippen molar-refractivity contribution in [1.82, 2.24) is 4.98 Å². The summed E-state index contributed by atoms with van der Waals surface area (Å²) in [6.07, 6.45) is 1.18. The molecule has 0 amide bonds. The number of nitrogens with zero attached hydrogens (tertiary/aromatic N) is 1. The van der Waals surface area contributed by atoms with Gasteiger partial charge in [-0.05, 0) is 49.4 Å². The Morgan fingerprint density at radius 2 is 1.89 bits per heavy atom. The van der Waals surface area contributed by atoms with Crippen LogP contribution in [0.1, 0.15) is 25.1 Å². The molecule has 28 heavy (non-hydrogen) atoms. The molecule has 1 N–H and O–H groups in total. The lowest BCUT2D eigenvalue weighted by molar-refractivity contribution is 0.340. The zero-order valence-electron chi connectivity index (χ0n) is 15.4. The third-order valence-electron chi connectivity index (χ3n) is 4.06. The Kier molecular flexibility index (Phi) is 5.51. The summed E-state index contributed by atoms with van der Waals surface area (Å²) in [5.74, 6) is 0.423. The Labute approximate surface area is 161 Å². The molecule has 0 aliphatic rings. The van der Waals surface area contributed by atoms with Crippen LogP contribution in [0.5, 0.6) is 5.75 Å². The summed E-state index contributed by atoms with van der Waals surface area (Å²) in [4.78, 5) is 16.4. The fourth-order valence-corrected chi connectivity index (χ4v) is 3.45. The summed E-state index contributed by atoms with van der Waals surface area (Å²) >= 11 is 0. The van der Waals surface area contributed by atoms with Crippen molar-refractivity contribution in [3.05, 3.63) is 64.1 Å². The Bertz CT molecular complexity index is 1190. The van der Waals surface area contributed by atoms with Crippen LogP contribution in [-0.2, 0) is 9.84 Å². The molecule has 0 bridgehead atoms. The van der Waals surface area contributed by atoms with Crippen molar-refractivity contribution in [2.45, 2.75) is 18.7 Å². The van der Waals surface area contributed by atoms with Crippen molar-refractivity contribution in [2.24, 2.45) is 0 Å². The van der Waals surface area contributed by atoms with Crippen molar-refractivity contribution in [3.8, 4) is 5.75 Å². The van der Waals surface area contributed by atoms with Gasteiger partial charge in [0, 0.05) is 11.6 Å². The van der Waals surface area contributed by atoms with Gasteiger partial charge in [0.15, 0.2) is 21.1 Å². The number of aliphatic hydroxyl groups excluding tert-OH is 1. The Morgan fingerprint density at radius 1 is 1.18 bits per heavy atom. The molecule has 0 saturated carbocycles. The van der Waals surface area contributed by atoms with Crippen LogP contribution in [0.3, 0.4) is 0 Å². The van der Waals surface area contributed by atoms with Gasteiger partial charge in [0.2, 0.25) is 0 Å². The molecule has 0 aliphatic carbocycles. The molecule has 0 atom stereocenters. The molecule has 8 heteroatoms. The van der Waals surface area contributed by atoms with E-state index in [2.05, 4.69) is 4.98 Å². The molecule has 2 aromatic carbocycles. The van der Waals surface area contributed by atoms with E-state index in [0.29, 0.717) is 17.9 Å². The second-order valence-electron chi connectivity index (χ2n) is 5.91. The highest BCUT2D eigenvalue weighted by atomic mass is 32.2. The second-order valence-corrected chi connectivity index (χ2v) is 8.18. The Balaban J connectivity index is 2.02. The van der Waals surface area contributed by atoms with E-state index in [-0.39, 0.29) is 33.2 Å². The molecule has 146 valence electrons. The molecule has 1 aromatic heterocycles. The van der Waals surface area contributed by atoms with Crippen LogP contribution in [0.2, 0.25) is 0 Å². The maximum absolute atomic E-state index is 12.2. The van der Waals surface area contributed by atoms with Gasteiger partial charge in [-0.3, -0.25) is 0 Å². The average Bonchev–Trinajstić information content (AvgIpc) is 2.69. The number of benzene rings is 2. The first-order chi connectivity index (χ1) is 13.3. The summed E-state index contributed by atoms with van der Waals surface area (Å²) < 4.78 is 34.6. The van der Waals surface area contributed by atoms with Gasteiger partial charge in [-0.15, -0.1) is 0 Å². The SMILES string of the molecule is CCOc1ccc(/C(O)=C/c2nc3cc(S(=O)(=O)CC)ccc3oc2=O)cc1. The smallest absolute Gasteiger partial charge is 0.362 e. The van der Waals surface area contributed by atoms with Crippen LogP contribution in [0.25, 0.3) is 22.9 Å². The average molecular weight is 401 g/mol. The molecule has 0 radical (unpaired) electrons. The van der Waals surface area contributed by atoms with Crippen molar-refractivity contribution >= 4 is 32.8 Å². The maximum Gasteiger partial charge on any atom is 0.362 e. The number of aliphatic hydroxyl groups is 1. The minimum absolute atomic E-state index is 0.0550. The molecule has 0 saturated heterocycles. The molecule has 7 nitrogen and oxygen atoms in total. The predicted octanol–water partition coefficient (Wildman–Crippen LogP) is 3.44. The zero-order valence-corrected chi connectivity index (χ0v) is 16.2. The molecular formula is C20H19NO6S. The number of hydrogen-bond acceptors (Lipinski definition) is 7. The number of fused-ring (bicyclic) bond motifs is 1. The fraction of sp³-hybridized carbons (Fsp3) is 0.200. The first-order valence-electron chi connectivity index (χ1n) is 8.65. The van der Waals surface area contributed by atoms with E-state index < -0.39 is 15.5 Å². The van der Waals surface area contributed by atoms with Crippen LogP contribution in [0.15, 0.2) is 56.6 Å². The van der Waals surface area contributed by atoms with E-state index in [1.165, 1.54) is 24.3 Å². The normalized spacial score (nSPS) is 12.3. The monoisotopic (exact) mass is 401 g/mol. The number of aromatic nitrogens is 1. The van der Waals surface area contributed by atoms with Crippen LogP contribution in [0, 0.1) is 0 Å². The Morgan fingerprint density at radius 3 is 2.54 bits per heavy atom. The van der Waals surface area contributed by atoms with Crippen LogP contribution >= 0.6 is 0 Å². The highest BCUT2D eigenvalue weighted by Crippen LogP contribution is 2.21. The van der Waals surface area contributed by atoms with E-state index in [9.17, 15) is 18.3 Å². The molecule has 0 aliphatic heterocycles. The fourth-order valence-electron chi connectivity index (χ4n) is 2.55. The summed E-state index contributed by atoms with van der Waals surface area (Å²) in [7, 11) is -3.42. The van der Waals surface area contributed by atoms with E-state index in [1.807, 2.05) is 6.92 Å². The van der Waals surface area contributed by atoms with E-state index >= 15 is 0 Å². The topological polar surface area (TPSA) is 107 Å². The van der Waals surface area contributed by atoms with Crippen LogP contribution in [-0.4, -0.2) is 30.9 Å². The van der Waals surface area contributed by atoms with Gasteiger partial charge in [0.25, 0.3) is 0 Å². The van der Waals surface area contributed by atoms with Crippen molar-refractivity contribution < 1.29 is 22.7 Å². The summed E-state index contributed by atoms with van der Waals surface area (Å²) in [6, 6.07) is 10.8. The molecule has 3 aromatic rings. The maximum atomic E-state index is 12.2. The Hall–Kier alpha value is -3.13. The number of sulfone groups is 1. The minimum Gasteiger partial charge on any atom is -0.507 e. The minimum atomic E-state index is -3.42. The predicted molar refractivity (Wildman–Crippen MR) is 106 cm³/mol. The lowest BCUT2D eigenvalue weighted by Crippen LogP contribution is -2.08. The van der Waals surface area contributed by atoms with Gasteiger partial charge in [-0.1, -0.05) is 6.92 Å². The zero-order chi connectivity index (χ0) is 20.3.